The Labute approximate surface area is 102 Å². The number of carbonyl (C=O) groups is 1. The van der Waals surface area contributed by atoms with Crippen molar-refractivity contribution in [2.45, 2.75) is 45.1 Å². The van der Waals surface area contributed by atoms with Gasteiger partial charge in [0.2, 0.25) is 0 Å². The van der Waals surface area contributed by atoms with Gasteiger partial charge in [-0.05, 0) is 31.1 Å². The Kier molecular flexibility index (Phi) is 2.99. The molecule has 1 aliphatic heterocycles. The zero-order chi connectivity index (χ0) is 12.7. The van der Waals surface area contributed by atoms with E-state index in [9.17, 15) is 9.90 Å². The standard InChI is InChI=1S/C13H22O4/c1-11(2)7-12(8-11,10(14)16-3)13(15)5-4-6-17-9-13/h15H,4-9H2,1-3H3. The molecule has 2 rings (SSSR count). The average Bonchev–Trinajstić information content (AvgIpc) is 2.25. The normalized spacial score (nSPS) is 34.8. The van der Waals surface area contributed by atoms with E-state index in [-0.39, 0.29) is 18.0 Å². The maximum absolute atomic E-state index is 12.1. The van der Waals surface area contributed by atoms with Crippen LogP contribution in [0.25, 0.3) is 0 Å². The van der Waals surface area contributed by atoms with E-state index in [0.717, 1.165) is 6.42 Å². The highest BCUT2D eigenvalue weighted by Crippen LogP contribution is 2.61. The summed E-state index contributed by atoms with van der Waals surface area (Å²) in [6.07, 6.45) is 2.77. The van der Waals surface area contributed by atoms with Crippen molar-refractivity contribution in [2.24, 2.45) is 10.8 Å². The van der Waals surface area contributed by atoms with E-state index >= 15 is 0 Å². The molecular weight excluding hydrogens is 220 g/mol. The highest BCUT2D eigenvalue weighted by molar-refractivity contribution is 5.80. The fourth-order valence-corrected chi connectivity index (χ4v) is 3.60. The summed E-state index contributed by atoms with van der Waals surface area (Å²) in [6.45, 7) is 5.14. The fourth-order valence-electron chi connectivity index (χ4n) is 3.60. The highest BCUT2D eigenvalue weighted by atomic mass is 16.5. The monoisotopic (exact) mass is 242 g/mol. The van der Waals surface area contributed by atoms with E-state index in [1.54, 1.807) is 0 Å². The van der Waals surface area contributed by atoms with Gasteiger partial charge in [0.25, 0.3) is 0 Å². The van der Waals surface area contributed by atoms with Gasteiger partial charge < -0.3 is 14.6 Å². The molecule has 2 fully saturated rings. The van der Waals surface area contributed by atoms with Crippen LogP contribution in [0.15, 0.2) is 0 Å². The van der Waals surface area contributed by atoms with E-state index in [2.05, 4.69) is 13.8 Å². The van der Waals surface area contributed by atoms with Crippen LogP contribution in [0, 0.1) is 10.8 Å². The van der Waals surface area contributed by atoms with Gasteiger partial charge in [0.1, 0.15) is 5.60 Å². The van der Waals surface area contributed by atoms with Gasteiger partial charge in [0.05, 0.1) is 19.1 Å². The topological polar surface area (TPSA) is 55.8 Å². The first-order valence-corrected chi connectivity index (χ1v) is 6.24. The smallest absolute Gasteiger partial charge is 0.314 e. The molecule has 0 aromatic heterocycles. The lowest BCUT2D eigenvalue weighted by molar-refractivity contribution is -0.232. The van der Waals surface area contributed by atoms with Crippen molar-refractivity contribution in [3.8, 4) is 0 Å². The number of ether oxygens (including phenoxy) is 2. The Morgan fingerprint density at radius 3 is 2.41 bits per heavy atom. The first-order chi connectivity index (χ1) is 7.85. The summed E-state index contributed by atoms with van der Waals surface area (Å²) < 4.78 is 10.3. The fraction of sp³-hybridized carbons (Fsp3) is 0.923. The maximum atomic E-state index is 12.1. The quantitative estimate of drug-likeness (QED) is 0.746. The largest absolute Gasteiger partial charge is 0.469 e. The molecule has 0 amide bonds. The van der Waals surface area contributed by atoms with E-state index in [1.165, 1.54) is 7.11 Å². The molecule has 1 aliphatic carbocycles. The molecule has 1 heterocycles. The number of hydrogen-bond acceptors (Lipinski definition) is 4. The number of rotatable bonds is 2. The number of hydrogen-bond donors (Lipinski definition) is 1. The van der Waals surface area contributed by atoms with Gasteiger partial charge in [0.15, 0.2) is 0 Å². The summed E-state index contributed by atoms with van der Waals surface area (Å²) in [5.41, 5.74) is -1.71. The number of aliphatic hydroxyl groups is 1. The van der Waals surface area contributed by atoms with Gasteiger partial charge in [-0.25, -0.2) is 0 Å². The molecule has 1 saturated carbocycles. The van der Waals surface area contributed by atoms with Gasteiger partial charge in [-0.3, -0.25) is 4.79 Å². The molecule has 1 atom stereocenters. The average molecular weight is 242 g/mol. The van der Waals surface area contributed by atoms with Crippen molar-refractivity contribution >= 4 is 5.97 Å². The third-order valence-electron chi connectivity index (χ3n) is 4.25. The van der Waals surface area contributed by atoms with Crippen LogP contribution >= 0.6 is 0 Å². The molecule has 0 radical (unpaired) electrons. The molecule has 0 aromatic rings. The maximum Gasteiger partial charge on any atom is 0.314 e. The van der Waals surface area contributed by atoms with Crippen molar-refractivity contribution in [3.05, 3.63) is 0 Å². The zero-order valence-corrected chi connectivity index (χ0v) is 10.9. The van der Waals surface area contributed by atoms with Gasteiger partial charge in [-0.15, -0.1) is 0 Å². The van der Waals surface area contributed by atoms with Crippen LogP contribution in [0.2, 0.25) is 0 Å². The molecule has 0 spiro atoms. The molecule has 0 bridgehead atoms. The van der Waals surface area contributed by atoms with Crippen LogP contribution in [-0.4, -0.2) is 37.0 Å². The van der Waals surface area contributed by atoms with Crippen molar-refractivity contribution in [2.75, 3.05) is 20.3 Å². The second-order valence-corrected chi connectivity index (χ2v) is 6.28. The number of carbonyl (C=O) groups excluding carboxylic acids is 1. The van der Waals surface area contributed by atoms with Gasteiger partial charge in [-0.1, -0.05) is 13.8 Å². The SMILES string of the molecule is COC(=O)C1(C2(O)CCCOC2)CC(C)(C)C1. The van der Waals surface area contributed by atoms with E-state index < -0.39 is 11.0 Å². The Morgan fingerprint density at radius 2 is 2.00 bits per heavy atom. The van der Waals surface area contributed by atoms with E-state index in [4.69, 9.17) is 9.47 Å². The van der Waals surface area contributed by atoms with Crippen LogP contribution in [0.5, 0.6) is 0 Å². The lowest BCUT2D eigenvalue weighted by atomic mass is 9.47. The van der Waals surface area contributed by atoms with Crippen molar-refractivity contribution in [1.82, 2.24) is 0 Å². The highest BCUT2D eigenvalue weighted by Gasteiger charge is 2.66. The minimum atomic E-state index is -1.05. The summed E-state index contributed by atoms with van der Waals surface area (Å²) in [5.74, 6) is -0.287. The molecule has 0 aromatic carbocycles. The third kappa shape index (κ3) is 1.87. The lowest BCUT2D eigenvalue weighted by Gasteiger charge is -2.59. The van der Waals surface area contributed by atoms with E-state index in [0.29, 0.717) is 25.9 Å². The van der Waals surface area contributed by atoms with E-state index in [1.807, 2.05) is 0 Å². The minimum absolute atomic E-state index is 0.0986. The molecule has 2 aliphatic rings. The Morgan fingerprint density at radius 1 is 1.35 bits per heavy atom. The van der Waals surface area contributed by atoms with Crippen LogP contribution in [-0.2, 0) is 14.3 Å². The van der Waals surface area contributed by atoms with Crippen LogP contribution in [0.3, 0.4) is 0 Å². The minimum Gasteiger partial charge on any atom is -0.469 e. The zero-order valence-electron chi connectivity index (χ0n) is 10.9. The molecule has 1 saturated heterocycles. The Hall–Kier alpha value is -0.610. The second-order valence-electron chi connectivity index (χ2n) is 6.28. The molecule has 1 unspecified atom stereocenters. The van der Waals surface area contributed by atoms with Crippen molar-refractivity contribution in [3.63, 3.8) is 0 Å². The Balaban J connectivity index is 2.25. The molecule has 98 valence electrons. The van der Waals surface area contributed by atoms with Crippen LogP contribution in [0.1, 0.15) is 39.5 Å². The first kappa shape index (κ1) is 12.8. The lowest BCUT2D eigenvalue weighted by Crippen LogP contribution is -2.65. The van der Waals surface area contributed by atoms with Crippen molar-refractivity contribution < 1.29 is 19.4 Å². The summed E-state index contributed by atoms with van der Waals surface area (Å²) >= 11 is 0. The van der Waals surface area contributed by atoms with Gasteiger partial charge in [-0.2, -0.15) is 0 Å². The molecule has 1 N–H and O–H groups in total. The summed E-state index contributed by atoms with van der Waals surface area (Å²) in [7, 11) is 1.39. The molecular formula is C13H22O4. The first-order valence-electron chi connectivity index (χ1n) is 6.24. The predicted octanol–water partition coefficient (Wildman–Crippen LogP) is 1.51. The molecule has 17 heavy (non-hydrogen) atoms. The molecule has 4 nitrogen and oxygen atoms in total. The van der Waals surface area contributed by atoms with Crippen LogP contribution in [0.4, 0.5) is 0 Å². The van der Waals surface area contributed by atoms with Gasteiger partial charge in [0, 0.05) is 6.61 Å². The predicted molar refractivity (Wildman–Crippen MR) is 62.5 cm³/mol. The van der Waals surface area contributed by atoms with Crippen LogP contribution < -0.4 is 0 Å². The second kappa shape index (κ2) is 3.95. The Bertz CT molecular complexity index is 307. The number of methoxy groups -OCH3 is 1. The number of esters is 1. The summed E-state index contributed by atoms with van der Waals surface area (Å²) in [6, 6.07) is 0. The third-order valence-corrected chi connectivity index (χ3v) is 4.25. The molecule has 4 heteroatoms. The van der Waals surface area contributed by atoms with Gasteiger partial charge >= 0.3 is 5.97 Å². The van der Waals surface area contributed by atoms with Crippen molar-refractivity contribution in [1.29, 1.82) is 0 Å². The summed E-state index contributed by atoms with van der Waals surface area (Å²) in [4.78, 5) is 12.1. The summed E-state index contributed by atoms with van der Waals surface area (Å²) in [5, 5.41) is 10.7.